The third-order valence-corrected chi connectivity index (χ3v) is 4.88. The zero-order valence-corrected chi connectivity index (χ0v) is 14.9. The standard InChI is InChI=1S/2C8H18S/c2*1-3-5-7-9-8-6-4-2/h2*3-8H2,1-2H3. The van der Waals surface area contributed by atoms with E-state index in [1.165, 1.54) is 74.4 Å². The van der Waals surface area contributed by atoms with Gasteiger partial charge < -0.3 is 0 Å². The molecule has 0 aromatic heterocycles. The van der Waals surface area contributed by atoms with Crippen molar-refractivity contribution in [2.24, 2.45) is 0 Å². The van der Waals surface area contributed by atoms with Gasteiger partial charge in [0.05, 0.1) is 0 Å². The lowest BCUT2D eigenvalue weighted by atomic mass is 10.4. The van der Waals surface area contributed by atoms with Crippen LogP contribution in [0.2, 0.25) is 0 Å². The van der Waals surface area contributed by atoms with Crippen LogP contribution in [0.25, 0.3) is 0 Å². The van der Waals surface area contributed by atoms with Crippen LogP contribution in [0.4, 0.5) is 0 Å². The summed E-state index contributed by atoms with van der Waals surface area (Å²) in [6.45, 7) is 9.00. The molecule has 0 nitrogen and oxygen atoms in total. The first-order chi connectivity index (χ1) is 8.83. The van der Waals surface area contributed by atoms with Gasteiger partial charge in [0.25, 0.3) is 0 Å². The van der Waals surface area contributed by atoms with Crippen LogP contribution in [0.5, 0.6) is 0 Å². The van der Waals surface area contributed by atoms with Crippen molar-refractivity contribution in [2.75, 3.05) is 23.0 Å². The maximum absolute atomic E-state index is 2.25. The highest BCUT2D eigenvalue weighted by molar-refractivity contribution is 7.99. The second-order valence-electron chi connectivity index (χ2n) is 4.64. The van der Waals surface area contributed by atoms with Crippen molar-refractivity contribution in [3.05, 3.63) is 0 Å². The molecule has 0 atom stereocenters. The van der Waals surface area contributed by atoms with E-state index in [1.807, 2.05) is 0 Å². The Morgan fingerprint density at radius 1 is 0.444 bits per heavy atom. The van der Waals surface area contributed by atoms with E-state index >= 15 is 0 Å². The number of thioether (sulfide) groups is 2. The van der Waals surface area contributed by atoms with Gasteiger partial charge >= 0.3 is 0 Å². The molecule has 18 heavy (non-hydrogen) atoms. The summed E-state index contributed by atoms with van der Waals surface area (Å²) in [5.74, 6) is 5.49. The van der Waals surface area contributed by atoms with Crippen LogP contribution in [0, 0.1) is 0 Å². The molecule has 0 aliphatic heterocycles. The van der Waals surface area contributed by atoms with Gasteiger partial charge in [-0.1, -0.05) is 53.4 Å². The van der Waals surface area contributed by atoms with Gasteiger partial charge in [-0.15, -0.1) is 0 Å². The highest BCUT2D eigenvalue weighted by Crippen LogP contribution is 2.07. The Bertz CT molecular complexity index is 89.7. The van der Waals surface area contributed by atoms with E-state index in [1.54, 1.807) is 0 Å². The Balaban J connectivity index is 0. The molecule has 0 aliphatic carbocycles. The molecular weight excluding hydrogens is 256 g/mol. The van der Waals surface area contributed by atoms with Gasteiger partial charge in [0, 0.05) is 0 Å². The Hall–Kier alpha value is 0.700. The van der Waals surface area contributed by atoms with Crippen LogP contribution in [0.15, 0.2) is 0 Å². The van der Waals surface area contributed by atoms with Gasteiger partial charge in [0.15, 0.2) is 0 Å². The van der Waals surface area contributed by atoms with Crippen molar-refractivity contribution in [2.45, 2.75) is 79.1 Å². The molecule has 0 amide bonds. The molecule has 0 aliphatic rings. The molecule has 0 fully saturated rings. The van der Waals surface area contributed by atoms with Gasteiger partial charge in [0.1, 0.15) is 0 Å². The molecule has 0 N–H and O–H groups in total. The molecule has 0 bridgehead atoms. The number of hydrogen-bond acceptors (Lipinski definition) is 2. The summed E-state index contributed by atoms with van der Waals surface area (Å²) in [6.07, 6.45) is 11.0. The lowest BCUT2D eigenvalue weighted by Crippen LogP contribution is -1.81. The van der Waals surface area contributed by atoms with Gasteiger partial charge in [-0.3, -0.25) is 0 Å². The average Bonchev–Trinajstić information content (AvgIpc) is 2.39. The Morgan fingerprint density at radius 2 is 0.667 bits per heavy atom. The van der Waals surface area contributed by atoms with Crippen LogP contribution in [0.1, 0.15) is 79.1 Å². The zero-order chi connectivity index (χ0) is 13.9. The molecule has 2 heteroatoms. The van der Waals surface area contributed by atoms with E-state index in [0.29, 0.717) is 0 Å². The number of unbranched alkanes of at least 4 members (excludes halogenated alkanes) is 4. The first kappa shape index (κ1) is 21.0. The first-order valence-electron chi connectivity index (χ1n) is 7.98. The Morgan fingerprint density at radius 3 is 0.833 bits per heavy atom. The predicted octanol–water partition coefficient (Wildman–Crippen LogP) is 6.64. The molecule has 0 rings (SSSR count). The highest BCUT2D eigenvalue weighted by atomic mass is 32.2. The molecule has 0 spiro atoms. The molecule has 0 saturated heterocycles. The van der Waals surface area contributed by atoms with Gasteiger partial charge in [0.2, 0.25) is 0 Å². The minimum atomic E-state index is 1.35. The molecule has 0 aromatic rings. The molecule has 0 unspecified atom stereocenters. The van der Waals surface area contributed by atoms with Crippen molar-refractivity contribution in [3.8, 4) is 0 Å². The summed E-state index contributed by atoms with van der Waals surface area (Å²) >= 11 is 4.20. The van der Waals surface area contributed by atoms with Crippen molar-refractivity contribution in [1.82, 2.24) is 0 Å². The fourth-order valence-electron chi connectivity index (χ4n) is 1.19. The summed E-state index contributed by atoms with van der Waals surface area (Å²) in [6, 6.07) is 0. The normalized spacial score (nSPS) is 10.0. The SMILES string of the molecule is CCCCSCCCC.CCCCSCCCC. The largest absolute Gasteiger partial charge is 0.162 e. The van der Waals surface area contributed by atoms with Crippen LogP contribution < -0.4 is 0 Å². The maximum Gasteiger partial charge on any atom is -0.00676 e. The van der Waals surface area contributed by atoms with Gasteiger partial charge in [-0.2, -0.15) is 23.5 Å². The number of hydrogen-bond donors (Lipinski definition) is 0. The summed E-state index contributed by atoms with van der Waals surface area (Å²) in [4.78, 5) is 0. The highest BCUT2D eigenvalue weighted by Gasteiger charge is 1.86. The van der Waals surface area contributed by atoms with Gasteiger partial charge in [-0.25, -0.2) is 0 Å². The van der Waals surface area contributed by atoms with Gasteiger partial charge in [-0.05, 0) is 48.7 Å². The Kier molecular flexibility index (Phi) is 26.7. The summed E-state index contributed by atoms with van der Waals surface area (Å²) in [7, 11) is 0. The van der Waals surface area contributed by atoms with E-state index in [9.17, 15) is 0 Å². The van der Waals surface area contributed by atoms with Crippen LogP contribution in [0.3, 0.4) is 0 Å². The van der Waals surface area contributed by atoms with Crippen molar-refractivity contribution in [1.29, 1.82) is 0 Å². The van der Waals surface area contributed by atoms with Crippen LogP contribution >= 0.6 is 23.5 Å². The number of rotatable bonds is 12. The minimum absolute atomic E-state index is 1.35. The fourth-order valence-corrected chi connectivity index (χ4v) is 3.57. The third kappa shape index (κ3) is 25.5. The van der Waals surface area contributed by atoms with Crippen molar-refractivity contribution < 1.29 is 0 Å². The zero-order valence-electron chi connectivity index (χ0n) is 13.3. The van der Waals surface area contributed by atoms with E-state index in [0.717, 1.165) is 0 Å². The second kappa shape index (κ2) is 22.8. The van der Waals surface area contributed by atoms with Crippen LogP contribution in [-0.4, -0.2) is 23.0 Å². The quantitative estimate of drug-likeness (QED) is 0.370. The maximum atomic E-state index is 2.25. The lowest BCUT2D eigenvalue weighted by molar-refractivity contribution is 0.879. The van der Waals surface area contributed by atoms with Crippen molar-refractivity contribution >= 4 is 23.5 Å². The monoisotopic (exact) mass is 292 g/mol. The topological polar surface area (TPSA) is 0 Å². The third-order valence-electron chi connectivity index (χ3n) is 2.57. The van der Waals surface area contributed by atoms with E-state index in [2.05, 4.69) is 51.2 Å². The first-order valence-corrected chi connectivity index (χ1v) is 10.3. The average molecular weight is 293 g/mol. The fraction of sp³-hybridized carbons (Fsp3) is 1.00. The van der Waals surface area contributed by atoms with E-state index < -0.39 is 0 Å². The molecule has 0 aromatic carbocycles. The van der Waals surface area contributed by atoms with E-state index in [4.69, 9.17) is 0 Å². The van der Waals surface area contributed by atoms with Crippen molar-refractivity contribution in [3.63, 3.8) is 0 Å². The Labute approximate surface area is 125 Å². The summed E-state index contributed by atoms with van der Waals surface area (Å²) in [5, 5.41) is 0. The predicted molar refractivity (Wildman–Crippen MR) is 94.3 cm³/mol. The van der Waals surface area contributed by atoms with Crippen LogP contribution in [-0.2, 0) is 0 Å². The van der Waals surface area contributed by atoms with E-state index in [-0.39, 0.29) is 0 Å². The molecular formula is C16H36S2. The lowest BCUT2D eigenvalue weighted by Gasteiger charge is -1.96. The smallest absolute Gasteiger partial charge is 0.00676 e. The summed E-state index contributed by atoms with van der Waals surface area (Å²) in [5.41, 5.74) is 0. The molecule has 0 heterocycles. The molecule has 0 saturated carbocycles. The molecule has 0 radical (unpaired) electrons. The second-order valence-corrected chi connectivity index (χ2v) is 7.09. The summed E-state index contributed by atoms with van der Waals surface area (Å²) < 4.78 is 0. The molecule has 112 valence electrons. The minimum Gasteiger partial charge on any atom is -0.162 e.